The fourth-order valence-electron chi connectivity index (χ4n) is 1.70. The van der Waals surface area contributed by atoms with Crippen LogP contribution in [0.1, 0.15) is 32.9 Å². The topological polar surface area (TPSA) is 97.4 Å². The smallest absolute Gasteiger partial charge is 0.303 e. The average Bonchev–Trinajstić information content (AvgIpc) is 2.54. The van der Waals surface area contributed by atoms with Gasteiger partial charge in [-0.15, -0.1) is 0 Å². The Balaban J connectivity index is 3.25. The zero-order valence-electron chi connectivity index (χ0n) is 19.3. The highest BCUT2D eigenvalue weighted by atomic mass is 16.7. The summed E-state index contributed by atoms with van der Waals surface area (Å²) >= 11 is 0. The molecular formula is C12H18O8. The van der Waals surface area contributed by atoms with Gasteiger partial charge in [-0.05, 0) is 0 Å². The minimum absolute atomic E-state index is 0.638. The van der Waals surface area contributed by atoms with Crippen LogP contribution in [-0.2, 0) is 38.1 Å². The Morgan fingerprint density at radius 1 is 1.00 bits per heavy atom. The summed E-state index contributed by atoms with van der Waals surface area (Å²) in [6, 6.07) is 0. The van der Waals surface area contributed by atoms with E-state index in [9.17, 15) is 14.4 Å². The summed E-state index contributed by atoms with van der Waals surface area (Å²) in [5, 5.41) is 0. The lowest BCUT2D eigenvalue weighted by Crippen LogP contribution is -2.57. The van der Waals surface area contributed by atoms with Crippen molar-refractivity contribution in [2.45, 2.75) is 45.2 Å². The predicted octanol–water partition coefficient (Wildman–Crippen LogP) is -0.216. The monoisotopic (exact) mass is 299 g/mol. The molecule has 0 aliphatic carbocycles. The number of hydrogen-bond acceptors (Lipinski definition) is 8. The zero-order valence-corrected chi connectivity index (χ0v) is 10.3. The molecule has 1 aliphatic rings. The van der Waals surface area contributed by atoms with Crippen LogP contribution in [0.5, 0.6) is 0 Å². The molecule has 0 aromatic rings. The van der Waals surface area contributed by atoms with Crippen LogP contribution >= 0.6 is 0 Å². The maximum Gasteiger partial charge on any atom is 0.303 e. The largest absolute Gasteiger partial charge is 0.456 e. The Bertz CT molecular complexity index is 626. The van der Waals surface area contributed by atoms with Gasteiger partial charge in [-0.3, -0.25) is 14.4 Å². The quantitative estimate of drug-likeness (QED) is 0.519. The van der Waals surface area contributed by atoms with Gasteiger partial charge in [0.15, 0.2) is 24.6 Å². The van der Waals surface area contributed by atoms with Crippen molar-refractivity contribution in [2.24, 2.45) is 0 Å². The molecule has 0 spiro atoms. The molecule has 0 saturated carbocycles. The fraction of sp³-hybridized carbons (Fsp3) is 0.750. The Morgan fingerprint density at radius 2 is 1.55 bits per heavy atom. The van der Waals surface area contributed by atoms with Crippen LogP contribution in [0.2, 0.25) is 0 Å². The number of methoxy groups -OCH3 is 1. The molecule has 1 heterocycles. The number of rotatable bonds is 4. The highest BCUT2D eigenvalue weighted by molar-refractivity contribution is 5.68. The third-order valence-corrected chi connectivity index (χ3v) is 2.36. The molecule has 4 atom stereocenters. The van der Waals surface area contributed by atoms with E-state index in [-0.39, 0.29) is 0 Å². The Morgan fingerprint density at radius 3 is 2.10 bits per heavy atom. The molecule has 8 heteroatoms. The summed E-state index contributed by atoms with van der Waals surface area (Å²) in [4.78, 5) is 35.3. The fourth-order valence-corrected chi connectivity index (χ4v) is 1.70. The number of carbonyl (C=O) groups excluding carboxylic acids is 3. The highest BCUT2D eigenvalue weighted by Gasteiger charge is 2.47. The van der Waals surface area contributed by atoms with Crippen molar-refractivity contribution in [3.8, 4) is 0 Å². The minimum Gasteiger partial charge on any atom is -0.456 e. The van der Waals surface area contributed by atoms with Crippen molar-refractivity contribution >= 4 is 17.9 Å². The van der Waals surface area contributed by atoms with Crippen LogP contribution < -0.4 is 0 Å². The van der Waals surface area contributed by atoms with E-state index in [2.05, 4.69) is 0 Å². The number of ether oxygens (including phenoxy) is 5. The summed E-state index contributed by atoms with van der Waals surface area (Å²) in [5.41, 5.74) is 0. The van der Waals surface area contributed by atoms with Crippen LogP contribution in [0.3, 0.4) is 0 Å². The lowest BCUT2D eigenvalue weighted by atomic mass is 10.0. The molecular weight excluding hydrogens is 272 g/mol. The van der Waals surface area contributed by atoms with E-state index in [1.807, 2.05) is 0 Å². The van der Waals surface area contributed by atoms with Gasteiger partial charge in [0.25, 0.3) is 0 Å². The summed E-state index contributed by atoms with van der Waals surface area (Å²) in [6.07, 6.45) is -7.10. The first-order valence-corrected chi connectivity index (χ1v) is 5.26. The van der Waals surface area contributed by atoms with Crippen LogP contribution in [0.4, 0.5) is 0 Å². The van der Waals surface area contributed by atoms with Crippen molar-refractivity contribution in [2.75, 3.05) is 13.7 Å². The summed E-state index contributed by atoms with van der Waals surface area (Å²) < 4.78 is 87.6. The normalized spacial score (nSPS) is 38.0. The molecule has 1 rings (SSSR count). The minimum atomic E-state index is -3.28. The Hall–Kier alpha value is -1.67. The molecule has 114 valence electrons. The molecule has 8 nitrogen and oxygen atoms in total. The first kappa shape index (κ1) is 7.37. The van der Waals surface area contributed by atoms with Gasteiger partial charge < -0.3 is 23.7 Å². The van der Waals surface area contributed by atoms with Gasteiger partial charge >= 0.3 is 17.9 Å². The van der Waals surface area contributed by atoms with Gasteiger partial charge in [-0.25, -0.2) is 0 Å². The van der Waals surface area contributed by atoms with Crippen molar-refractivity contribution in [3.63, 3.8) is 0 Å². The first-order chi connectivity index (χ1) is 13.0. The molecule has 1 aliphatic heterocycles. The molecule has 0 aromatic carbocycles. The second-order valence-corrected chi connectivity index (χ2v) is 3.62. The van der Waals surface area contributed by atoms with Gasteiger partial charge in [0.2, 0.25) is 0 Å². The standard InChI is InChI=1S/C12H18O8/c1-6(13)18-9-5-17-12(16-4)11(20-8(3)15)10(9)19-7(2)14/h9-12H,5H2,1-4H3/t9-,10+,11-,12?/m1/s1/i1D3,2D3,3D3. The van der Waals surface area contributed by atoms with E-state index in [4.69, 9.17) is 36.0 Å². The maximum absolute atomic E-state index is 11.8. The SMILES string of the molecule is [2H]C([2H])([2H])C(=O)O[C@H]1[C@H](OC(=O)C([2H])([2H])[2H])COC(OC)[C@@H]1OC(=O)C([2H])([2H])[2H]. The molecule has 1 unspecified atom stereocenters. The number of hydrogen-bond donors (Lipinski definition) is 0. The molecule has 0 bridgehead atoms. The molecule has 1 saturated heterocycles. The molecule has 20 heavy (non-hydrogen) atoms. The van der Waals surface area contributed by atoms with Gasteiger partial charge in [0.1, 0.15) is 0 Å². The van der Waals surface area contributed by atoms with Gasteiger partial charge in [-0.1, -0.05) is 0 Å². The molecule has 0 aromatic heterocycles. The zero-order chi connectivity index (χ0) is 22.8. The van der Waals surface area contributed by atoms with E-state index < -0.39 is 69.7 Å². The summed E-state index contributed by atoms with van der Waals surface area (Å²) in [5.74, 6) is -5.31. The van der Waals surface area contributed by atoms with Crippen LogP contribution in [0.25, 0.3) is 0 Å². The van der Waals surface area contributed by atoms with Crippen LogP contribution in [-0.4, -0.2) is 56.2 Å². The van der Waals surface area contributed by atoms with E-state index in [0.29, 0.717) is 0 Å². The van der Waals surface area contributed by atoms with E-state index >= 15 is 0 Å². The van der Waals surface area contributed by atoms with Crippen molar-refractivity contribution in [1.29, 1.82) is 0 Å². The third kappa shape index (κ3) is 4.46. The van der Waals surface area contributed by atoms with E-state index in [1.54, 1.807) is 0 Å². The third-order valence-electron chi connectivity index (χ3n) is 2.36. The summed E-state index contributed by atoms with van der Waals surface area (Å²) in [7, 11) is 1.05. The Labute approximate surface area is 128 Å². The van der Waals surface area contributed by atoms with Gasteiger partial charge in [0, 0.05) is 40.0 Å². The Kier molecular flexibility index (Phi) is 2.65. The highest BCUT2D eigenvalue weighted by Crippen LogP contribution is 2.24. The van der Waals surface area contributed by atoms with Crippen molar-refractivity contribution in [1.82, 2.24) is 0 Å². The van der Waals surface area contributed by atoms with Crippen molar-refractivity contribution < 1.29 is 50.4 Å². The lowest BCUT2D eigenvalue weighted by Gasteiger charge is -2.39. The van der Waals surface area contributed by atoms with E-state index in [1.165, 1.54) is 0 Å². The van der Waals surface area contributed by atoms with Crippen LogP contribution in [0, 0.1) is 0 Å². The first-order valence-electron chi connectivity index (χ1n) is 9.76. The van der Waals surface area contributed by atoms with Crippen molar-refractivity contribution in [3.05, 3.63) is 0 Å². The van der Waals surface area contributed by atoms with E-state index in [0.717, 1.165) is 7.11 Å². The summed E-state index contributed by atoms with van der Waals surface area (Å²) in [6.45, 7) is -10.4. The average molecular weight is 299 g/mol. The second kappa shape index (κ2) is 7.20. The van der Waals surface area contributed by atoms with Gasteiger partial charge in [-0.2, -0.15) is 0 Å². The molecule has 0 N–H and O–H groups in total. The molecule has 0 radical (unpaired) electrons. The second-order valence-electron chi connectivity index (χ2n) is 3.62. The number of carbonyl (C=O) groups is 3. The maximum atomic E-state index is 11.8. The lowest BCUT2D eigenvalue weighted by molar-refractivity contribution is -0.274. The van der Waals surface area contributed by atoms with Gasteiger partial charge in [0.05, 0.1) is 6.61 Å². The predicted molar refractivity (Wildman–Crippen MR) is 63.4 cm³/mol. The number of esters is 3. The molecule has 0 amide bonds. The molecule has 1 fully saturated rings. The van der Waals surface area contributed by atoms with Crippen LogP contribution in [0.15, 0.2) is 0 Å².